The van der Waals surface area contributed by atoms with Gasteiger partial charge in [-0.3, -0.25) is 0 Å². The molecule has 0 bridgehead atoms. The fraction of sp³-hybridized carbons (Fsp3) is 0. The van der Waals surface area contributed by atoms with E-state index in [1.54, 1.807) is 0 Å². The van der Waals surface area contributed by atoms with Crippen molar-refractivity contribution in [3.8, 4) is 0 Å². The van der Waals surface area contributed by atoms with Gasteiger partial charge in [-0.1, -0.05) is 30.3 Å². The largest absolute Gasteiger partial charge is 1.00 e. The van der Waals surface area contributed by atoms with Gasteiger partial charge in [0.1, 0.15) is 6.20 Å². The van der Waals surface area contributed by atoms with Gasteiger partial charge in [0, 0.05) is 0 Å². The highest BCUT2D eigenvalue weighted by Gasteiger charge is 2.11. The molecule has 0 atom stereocenters. The summed E-state index contributed by atoms with van der Waals surface area (Å²) in [6, 6.07) is 18.7. The van der Waals surface area contributed by atoms with Crippen molar-refractivity contribution in [3.63, 3.8) is 0 Å². The Morgan fingerprint density at radius 2 is 1.53 bits per heavy atom. The van der Waals surface area contributed by atoms with Crippen LogP contribution in [0.5, 0.6) is 0 Å². The van der Waals surface area contributed by atoms with Crippen LogP contribution in [-0.4, -0.2) is 4.98 Å². The second-order valence-corrected chi connectivity index (χ2v) is 4.43. The minimum absolute atomic E-state index is 0. The van der Waals surface area contributed by atoms with E-state index >= 15 is 0 Å². The van der Waals surface area contributed by atoms with E-state index in [-0.39, 0.29) is 12.4 Å². The number of halogens is 1. The van der Waals surface area contributed by atoms with Crippen molar-refractivity contribution in [3.05, 3.63) is 67.0 Å². The molecule has 0 saturated heterocycles. The van der Waals surface area contributed by atoms with Crippen LogP contribution in [-0.2, 0) is 0 Å². The van der Waals surface area contributed by atoms with Crippen LogP contribution in [0.15, 0.2) is 67.0 Å². The van der Waals surface area contributed by atoms with Gasteiger partial charge in [-0.25, -0.2) is 4.40 Å². The summed E-state index contributed by atoms with van der Waals surface area (Å²) in [5.74, 6) is 0. The number of benzene rings is 2. The Bertz CT molecular complexity index is 881. The van der Waals surface area contributed by atoms with Gasteiger partial charge in [-0.15, -0.1) is 0 Å². The molecule has 2 aromatic heterocycles. The van der Waals surface area contributed by atoms with E-state index in [2.05, 4.69) is 59.3 Å². The maximum Gasteiger partial charge on any atom is 0.336 e. The molecule has 0 N–H and O–H groups in total. The minimum Gasteiger partial charge on any atom is -1.00 e. The van der Waals surface area contributed by atoms with Crippen molar-refractivity contribution in [2.24, 2.45) is 0 Å². The highest BCUT2D eigenvalue weighted by Crippen LogP contribution is 2.17. The van der Waals surface area contributed by atoms with Gasteiger partial charge in [0.25, 0.3) is 0 Å². The average molecular weight is 267 g/mol. The molecule has 0 saturated carbocycles. The zero-order valence-electron chi connectivity index (χ0n) is 10.1. The highest BCUT2D eigenvalue weighted by molar-refractivity contribution is 5.93. The first-order chi connectivity index (χ1) is 8.92. The lowest BCUT2D eigenvalue weighted by molar-refractivity contribution is -0.511. The molecule has 2 aromatic carbocycles. The summed E-state index contributed by atoms with van der Waals surface area (Å²) in [7, 11) is 0. The molecule has 2 heterocycles. The van der Waals surface area contributed by atoms with E-state index in [9.17, 15) is 0 Å². The van der Waals surface area contributed by atoms with Crippen LogP contribution in [0.3, 0.4) is 0 Å². The molecule has 0 spiro atoms. The topological polar surface area (TPSA) is 17.0 Å². The Hall–Kier alpha value is -2.19. The molecular formula is C16H11ClN2. The van der Waals surface area contributed by atoms with Crippen molar-refractivity contribution >= 4 is 27.3 Å². The van der Waals surface area contributed by atoms with Gasteiger partial charge in [-0.2, -0.15) is 0 Å². The normalized spacial score (nSPS) is 10.7. The third-order valence-electron chi connectivity index (χ3n) is 3.30. The van der Waals surface area contributed by atoms with E-state index in [1.807, 2.05) is 12.1 Å². The lowest BCUT2D eigenvalue weighted by Crippen LogP contribution is -3.00. The highest BCUT2D eigenvalue weighted by atomic mass is 35.5. The summed E-state index contributed by atoms with van der Waals surface area (Å²) in [4.78, 5) is 4.77. The zero-order chi connectivity index (χ0) is 11.9. The molecule has 19 heavy (non-hydrogen) atoms. The number of hydrogen-bond acceptors (Lipinski definition) is 1. The van der Waals surface area contributed by atoms with Gasteiger partial charge in [0.05, 0.1) is 17.0 Å². The summed E-state index contributed by atoms with van der Waals surface area (Å²) in [6.45, 7) is 0. The van der Waals surface area contributed by atoms with Crippen molar-refractivity contribution in [1.82, 2.24) is 4.98 Å². The zero-order valence-corrected chi connectivity index (χ0v) is 10.9. The second kappa shape index (κ2) is 4.48. The Morgan fingerprint density at radius 3 is 2.42 bits per heavy atom. The van der Waals surface area contributed by atoms with Gasteiger partial charge < -0.3 is 12.4 Å². The molecule has 0 radical (unpaired) electrons. The number of aromatic nitrogens is 2. The number of para-hydroxylation sites is 1. The first-order valence-electron chi connectivity index (χ1n) is 6.00. The molecule has 0 aliphatic rings. The summed E-state index contributed by atoms with van der Waals surface area (Å²) in [5, 5.41) is 3.57. The SMILES string of the molecule is [Cl-].c1ccc2nc3c4ccccc4cc[n+]3cc2c1. The quantitative estimate of drug-likeness (QED) is 0.251. The Morgan fingerprint density at radius 1 is 0.789 bits per heavy atom. The summed E-state index contributed by atoms with van der Waals surface area (Å²) in [5.41, 5.74) is 2.04. The van der Waals surface area contributed by atoms with E-state index in [1.165, 1.54) is 10.8 Å². The van der Waals surface area contributed by atoms with E-state index < -0.39 is 0 Å². The molecule has 92 valence electrons. The molecule has 0 amide bonds. The van der Waals surface area contributed by atoms with Gasteiger partial charge in [0.2, 0.25) is 0 Å². The van der Waals surface area contributed by atoms with Crippen LogP contribution in [0.2, 0.25) is 0 Å². The molecule has 2 nitrogen and oxygen atoms in total. The predicted octanol–water partition coefficient (Wildman–Crippen LogP) is 0.131. The molecule has 0 aliphatic heterocycles. The Labute approximate surface area is 116 Å². The maximum atomic E-state index is 4.77. The Balaban J connectivity index is 0.00000110. The predicted molar refractivity (Wildman–Crippen MR) is 72.4 cm³/mol. The number of rotatable bonds is 0. The van der Waals surface area contributed by atoms with Crippen LogP contribution in [0.4, 0.5) is 0 Å². The van der Waals surface area contributed by atoms with Crippen molar-refractivity contribution in [2.45, 2.75) is 0 Å². The minimum atomic E-state index is 0. The molecule has 4 aromatic rings. The van der Waals surface area contributed by atoms with Gasteiger partial charge in [-0.05, 0) is 34.6 Å². The maximum absolute atomic E-state index is 4.77. The molecular weight excluding hydrogens is 256 g/mol. The monoisotopic (exact) mass is 266 g/mol. The fourth-order valence-electron chi connectivity index (χ4n) is 2.40. The third-order valence-corrected chi connectivity index (χ3v) is 3.30. The van der Waals surface area contributed by atoms with Gasteiger partial charge in [0.15, 0.2) is 5.52 Å². The van der Waals surface area contributed by atoms with Crippen LogP contribution < -0.4 is 16.8 Å². The van der Waals surface area contributed by atoms with Crippen LogP contribution in [0.1, 0.15) is 0 Å². The Kier molecular flexibility index (Phi) is 2.80. The smallest absolute Gasteiger partial charge is 0.336 e. The van der Waals surface area contributed by atoms with E-state index in [4.69, 9.17) is 4.98 Å². The van der Waals surface area contributed by atoms with Crippen molar-refractivity contribution in [2.75, 3.05) is 0 Å². The van der Waals surface area contributed by atoms with Gasteiger partial charge >= 0.3 is 5.65 Å². The average Bonchev–Trinajstić information content (AvgIpc) is 2.45. The summed E-state index contributed by atoms with van der Waals surface area (Å²) in [6.07, 6.45) is 4.20. The second-order valence-electron chi connectivity index (χ2n) is 4.43. The summed E-state index contributed by atoms with van der Waals surface area (Å²) >= 11 is 0. The number of nitrogens with zero attached hydrogens (tertiary/aromatic N) is 2. The summed E-state index contributed by atoms with van der Waals surface area (Å²) < 4.78 is 2.09. The molecule has 0 fully saturated rings. The number of pyridine rings is 1. The van der Waals surface area contributed by atoms with E-state index in [0.717, 1.165) is 16.6 Å². The first-order valence-corrected chi connectivity index (χ1v) is 6.00. The standard InChI is InChI=1S/C16H11N2.ClH/c1-3-7-14-12(5-1)9-10-18-11-13-6-2-4-8-15(13)17-16(14)18;/h1-11H;1H/q+1;/p-1. The van der Waals surface area contributed by atoms with Crippen LogP contribution in [0, 0.1) is 0 Å². The molecule has 4 rings (SSSR count). The fourth-order valence-corrected chi connectivity index (χ4v) is 2.40. The number of hydrogen-bond donors (Lipinski definition) is 0. The van der Waals surface area contributed by atoms with Crippen LogP contribution in [0.25, 0.3) is 27.3 Å². The van der Waals surface area contributed by atoms with Crippen LogP contribution >= 0.6 is 0 Å². The van der Waals surface area contributed by atoms with Crippen molar-refractivity contribution in [1.29, 1.82) is 0 Å². The molecule has 3 heteroatoms. The molecule has 0 unspecified atom stereocenters. The lowest BCUT2D eigenvalue weighted by atomic mass is 10.1. The van der Waals surface area contributed by atoms with E-state index in [0.29, 0.717) is 0 Å². The third kappa shape index (κ3) is 1.81. The lowest BCUT2D eigenvalue weighted by Gasteiger charge is -1.98. The molecule has 0 aliphatic carbocycles. The van der Waals surface area contributed by atoms with Crippen molar-refractivity contribution < 1.29 is 16.8 Å². The first kappa shape index (κ1) is 11.9. The number of fused-ring (bicyclic) bond motifs is 4.